The first-order valence-corrected chi connectivity index (χ1v) is 6.88. The Bertz CT molecular complexity index is 405. The summed E-state index contributed by atoms with van der Waals surface area (Å²) in [6.07, 6.45) is 5.36. The van der Waals surface area contributed by atoms with Crippen LogP contribution in [0.5, 0.6) is 0 Å². The van der Waals surface area contributed by atoms with Crippen LogP contribution in [0.1, 0.15) is 20.3 Å². The highest BCUT2D eigenvalue weighted by Crippen LogP contribution is 2.26. The summed E-state index contributed by atoms with van der Waals surface area (Å²) in [6, 6.07) is 0.623. The molecule has 1 saturated heterocycles. The van der Waals surface area contributed by atoms with Gasteiger partial charge in [0.05, 0.1) is 31.0 Å². The van der Waals surface area contributed by atoms with Gasteiger partial charge in [0, 0.05) is 31.4 Å². The number of hydrogen-bond donors (Lipinski definition) is 0. The summed E-state index contributed by atoms with van der Waals surface area (Å²) in [6.45, 7) is 8.00. The van der Waals surface area contributed by atoms with Gasteiger partial charge in [-0.15, -0.1) is 0 Å². The van der Waals surface area contributed by atoms with Gasteiger partial charge in [-0.3, -0.25) is 9.98 Å². The number of dihydropyridines is 1. The molecule has 98 valence electrons. The van der Waals surface area contributed by atoms with Gasteiger partial charge in [0.25, 0.3) is 0 Å². The normalized spacial score (nSPS) is 31.4. The monoisotopic (exact) mass is 247 g/mol. The standard InChI is InChI=1S/C14H21N3O/c1-10(2)12-8-13-14(16-12)7-11(9-15-13)17-3-5-18-6-4-17/h7,9-10,13-14H,3-6,8H2,1-2H3. The molecule has 3 heterocycles. The lowest BCUT2D eigenvalue weighted by molar-refractivity contribution is 0.0563. The third-order valence-electron chi connectivity index (χ3n) is 3.91. The van der Waals surface area contributed by atoms with Gasteiger partial charge in [-0.1, -0.05) is 13.8 Å². The molecule has 4 nitrogen and oxygen atoms in total. The second kappa shape index (κ2) is 4.84. The summed E-state index contributed by atoms with van der Waals surface area (Å²) in [4.78, 5) is 11.9. The third-order valence-corrected chi connectivity index (χ3v) is 3.91. The molecule has 0 radical (unpaired) electrons. The average Bonchev–Trinajstić information content (AvgIpc) is 2.82. The molecule has 0 N–H and O–H groups in total. The zero-order valence-corrected chi connectivity index (χ0v) is 11.2. The van der Waals surface area contributed by atoms with Crippen LogP contribution in [-0.2, 0) is 4.74 Å². The smallest absolute Gasteiger partial charge is 0.0929 e. The molecule has 4 heteroatoms. The molecule has 0 aromatic carbocycles. The van der Waals surface area contributed by atoms with E-state index in [0.717, 1.165) is 32.7 Å². The quantitative estimate of drug-likeness (QED) is 0.742. The van der Waals surface area contributed by atoms with Crippen molar-refractivity contribution in [2.24, 2.45) is 15.9 Å². The van der Waals surface area contributed by atoms with Crippen LogP contribution in [0.3, 0.4) is 0 Å². The zero-order valence-electron chi connectivity index (χ0n) is 11.2. The van der Waals surface area contributed by atoms with Gasteiger partial charge < -0.3 is 9.64 Å². The lowest BCUT2D eigenvalue weighted by atomic mass is 10.00. The van der Waals surface area contributed by atoms with E-state index in [9.17, 15) is 0 Å². The Hall–Kier alpha value is -1.16. The molecule has 0 amide bonds. The number of rotatable bonds is 2. The Morgan fingerprint density at radius 3 is 2.83 bits per heavy atom. The molecule has 0 spiro atoms. The van der Waals surface area contributed by atoms with Gasteiger partial charge in [0.15, 0.2) is 0 Å². The number of hydrogen-bond acceptors (Lipinski definition) is 4. The molecule has 2 atom stereocenters. The van der Waals surface area contributed by atoms with E-state index in [2.05, 4.69) is 24.8 Å². The summed E-state index contributed by atoms with van der Waals surface area (Å²) in [7, 11) is 0. The average molecular weight is 247 g/mol. The van der Waals surface area contributed by atoms with E-state index in [1.54, 1.807) is 0 Å². The van der Waals surface area contributed by atoms with Crippen molar-refractivity contribution in [3.05, 3.63) is 11.8 Å². The number of fused-ring (bicyclic) bond motifs is 1. The van der Waals surface area contributed by atoms with Crippen LogP contribution in [0.2, 0.25) is 0 Å². The van der Waals surface area contributed by atoms with Crippen molar-refractivity contribution in [3.63, 3.8) is 0 Å². The van der Waals surface area contributed by atoms with E-state index >= 15 is 0 Å². The molecule has 2 unspecified atom stereocenters. The van der Waals surface area contributed by atoms with Crippen LogP contribution in [0, 0.1) is 5.92 Å². The Kier molecular flexibility index (Phi) is 3.20. The van der Waals surface area contributed by atoms with Gasteiger partial charge in [0.1, 0.15) is 0 Å². The number of allylic oxidation sites excluding steroid dienone is 1. The van der Waals surface area contributed by atoms with E-state index in [1.807, 2.05) is 6.21 Å². The van der Waals surface area contributed by atoms with Gasteiger partial charge in [-0.2, -0.15) is 0 Å². The number of aliphatic imine (C=N–C) groups is 2. The van der Waals surface area contributed by atoms with Gasteiger partial charge in [-0.05, 0) is 12.0 Å². The molecule has 0 aromatic heterocycles. The fraction of sp³-hybridized carbons (Fsp3) is 0.714. The van der Waals surface area contributed by atoms with E-state index in [0.29, 0.717) is 12.0 Å². The molecule has 18 heavy (non-hydrogen) atoms. The molecule has 3 aliphatic heterocycles. The topological polar surface area (TPSA) is 37.2 Å². The molecule has 0 aromatic rings. The second-order valence-electron chi connectivity index (χ2n) is 5.51. The highest BCUT2D eigenvalue weighted by atomic mass is 16.5. The van der Waals surface area contributed by atoms with Gasteiger partial charge >= 0.3 is 0 Å². The Balaban J connectivity index is 1.75. The highest BCUT2D eigenvalue weighted by Gasteiger charge is 2.31. The fourth-order valence-electron chi connectivity index (χ4n) is 2.74. The minimum absolute atomic E-state index is 0.269. The van der Waals surface area contributed by atoms with E-state index in [4.69, 9.17) is 14.7 Å². The van der Waals surface area contributed by atoms with Gasteiger partial charge in [-0.25, -0.2) is 0 Å². The second-order valence-corrected chi connectivity index (χ2v) is 5.51. The summed E-state index contributed by atoms with van der Waals surface area (Å²) in [5.41, 5.74) is 2.55. The zero-order chi connectivity index (χ0) is 12.5. The lowest BCUT2D eigenvalue weighted by Crippen LogP contribution is -2.38. The molecule has 0 bridgehead atoms. The van der Waals surface area contributed by atoms with Crippen LogP contribution in [0.15, 0.2) is 21.8 Å². The summed E-state index contributed by atoms with van der Waals surface area (Å²) in [5, 5.41) is 0. The van der Waals surface area contributed by atoms with Crippen molar-refractivity contribution < 1.29 is 4.74 Å². The fourth-order valence-corrected chi connectivity index (χ4v) is 2.74. The number of ether oxygens (including phenoxy) is 1. The molecule has 3 aliphatic rings. The van der Waals surface area contributed by atoms with Crippen molar-refractivity contribution in [2.45, 2.75) is 32.4 Å². The van der Waals surface area contributed by atoms with E-state index in [1.165, 1.54) is 11.4 Å². The Labute approximate surface area is 108 Å². The largest absolute Gasteiger partial charge is 0.378 e. The maximum atomic E-state index is 5.38. The molecule has 3 rings (SSSR count). The van der Waals surface area contributed by atoms with E-state index < -0.39 is 0 Å². The molecule has 1 fully saturated rings. The van der Waals surface area contributed by atoms with Gasteiger partial charge in [0.2, 0.25) is 0 Å². The minimum Gasteiger partial charge on any atom is -0.378 e. The summed E-state index contributed by atoms with van der Waals surface area (Å²) in [5.74, 6) is 0.547. The van der Waals surface area contributed by atoms with Crippen LogP contribution < -0.4 is 0 Å². The maximum Gasteiger partial charge on any atom is 0.0929 e. The first-order valence-electron chi connectivity index (χ1n) is 6.88. The van der Waals surface area contributed by atoms with Crippen LogP contribution in [-0.4, -0.2) is 55.2 Å². The van der Waals surface area contributed by atoms with Crippen molar-refractivity contribution in [3.8, 4) is 0 Å². The summed E-state index contributed by atoms with van der Waals surface area (Å²) < 4.78 is 5.38. The molecule has 0 saturated carbocycles. The maximum absolute atomic E-state index is 5.38. The van der Waals surface area contributed by atoms with Crippen LogP contribution in [0.4, 0.5) is 0 Å². The summed E-state index contributed by atoms with van der Waals surface area (Å²) >= 11 is 0. The predicted octanol–water partition coefficient (Wildman–Crippen LogP) is 1.52. The minimum atomic E-state index is 0.269. The molecular formula is C14H21N3O. The van der Waals surface area contributed by atoms with Crippen molar-refractivity contribution in [1.29, 1.82) is 0 Å². The number of morpholine rings is 1. The first kappa shape index (κ1) is 11.9. The predicted molar refractivity (Wildman–Crippen MR) is 73.4 cm³/mol. The van der Waals surface area contributed by atoms with Crippen molar-refractivity contribution >= 4 is 11.9 Å². The number of nitrogens with zero attached hydrogens (tertiary/aromatic N) is 3. The van der Waals surface area contributed by atoms with Crippen molar-refractivity contribution in [1.82, 2.24) is 4.90 Å². The molecule has 0 aliphatic carbocycles. The highest BCUT2D eigenvalue weighted by molar-refractivity contribution is 5.90. The van der Waals surface area contributed by atoms with Crippen molar-refractivity contribution in [2.75, 3.05) is 26.3 Å². The first-order chi connectivity index (χ1) is 8.74. The lowest BCUT2D eigenvalue weighted by Gasteiger charge is -2.31. The van der Waals surface area contributed by atoms with E-state index in [-0.39, 0.29) is 6.04 Å². The SMILES string of the molecule is CC(C)C1=NC2C=C(N3CCOCC3)C=NC2C1. The van der Waals surface area contributed by atoms with Crippen LogP contribution in [0.25, 0.3) is 0 Å². The third kappa shape index (κ3) is 2.21. The van der Waals surface area contributed by atoms with Crippen LogP contribution >= 0.6 is 0 Å². The Morgan fingerprint density at radius 1 is 1.33 bits per heavy atom. The Morgan fingerprint density at radius 2 is 2.11 bits per heavy atom. The molecular weight excluding hydrogens is 226 g/mol.